The Morgan fingerprint density at radius 3 is 2.42 bits per heavy atom. The SMILES string of the molecule is COc1ccc(Cn2c(C)c(C)c3ccnc(N4CCCCC4)c32)cc1. The summed E-state index contributed by atoms with van der Waals surface area (Å²) in [6.07, 6.45) is 5.82. The summed E-state index contributed by atoms with van der Waals surface area (Å²) in [4.78, 5) is 7.27. The maximum absolute atomic E-state index is 5.29. The second kappa shape index (κ2) is 7.02. The normalized spacial score (nSPS) is 14.8. The summed E-state index contributed by atoms with van der Waals surface area (Å²) in [6.45, 7) is 7.52. The van der Waals surface area contributed by atoms with Gasteiger partial charge < -0.3 is 14.2 Å². The minimum atomic E-state index is 0.854. The number of fused-ring (bicyclic) bond motifs is 1. The van der Waals surface area contributed by atoms with Crippen LogP contribution in [0.15, 0.2) is 36.5 Å². The molecule has 3 aromatic rings. The fraction of sp³-hybridized carbons (Fsp3) is 0.409. The van der Waals surface area contributed by atoms with Crippen LogP contribution in [-0.4, -0.2) is 29.8 Å². The van der Waals surface area contributed by atoms with Crippen molar-refractivity contribution in [3.8, 4) is 5.75 Å². The first-order valence-corrected chi connectivity index (χ1v) is 9.51. The lowest BCUT2D eigenvalue weighted by molar-refractivity contribution is 0.414. The van der Waals surface area contributed by atoms with E-state index in [1.807, 2.05) is 18.3 Å². The minimum Gasteiger partial charge on any atom is -0.497 e. The standard InChI is InChI=1S/C22H27N3O/c1-16-17(2)25(15-18-7-9-19(26-3)10-8-18)21-20(16)11-12-23-22(21)24-13-5-4-6-14-24/h7-12H,4-6,13-15H2,1-3H3. The Balaban J connectivity index is 1.80. The first-order chi connectivity index (χ1) is 12.7. The Morgan fingerprint density at radius 1 is 1.00 bits per heavy atom. The zero-order valence-electron chi connectivity index (χ0n) is 16.0. The average Bonchev–Trinajstić information content (AvgIpc) is 2.94. The number of anilines is 1. The number of methoxy groups -OCH3 is 1. The van der Waals surface area contributed by atoms with Gasteiger partial charge in [-0.15, -0.1) is 0 Å². The molecule has 1 saturated heterocycles. The van der Waals surface area contributed by atoms with Gasteiger partial charge in [-0.25, -0.2) is 4.98 Å². The van der Waals surface area contributed by atoms with Crippen LogP contribution in [0.2, 0.25) is 0 Å². The van der Waals surface area contributed by atoms with Gasteiger partial charge in [-0.1, -0.05) is 12.1 Å². The van der Waals surface area contributed by atoms with E-state index in [0.29, 0.717) is 0 Å². The van der Waals surface area contributed by atoms with Crippen molar-refractivity contribution in [2.24, 2.45) is 0 Å². The topological polar surface area (TPSA) is 30.3 Å². The third-order valence-corrected chi connectivity index (χ3v) is 5.68. The molecule has 0 amide bonds. The molecule has 1 fully saturated rings. The van der Waals surface area contributed by atoms with Gasteiger partial charge in [0, 0.05) is 36.9 Å². The van der Waals surface area contributed by atoms with Crippen molar-refractivity contribution in [2.75, 3.05) is 25.1 Å². The van der Waals surface area contributed by atoms with Crippen molar-refractivity contribution in [3.63, 3.8) is 0 Å². The number of piperidine rings is 1. The predicted molar refractivity (Wildman–Crippen MR) is 107 cm³/mol. The highest BCUT2D eigenvalue weighted by molar-refractivity contribution is 5.93. The van der Waals surface area contributed by atoms with Crippen LogP contribution in [0.3, 0.4) is 0 Å². The molecule has 0 spiro atoms. The van der Waals surface area contributed by atoms with Gasteiger partial charge in [0.1, 0.15) is 5.75 Å². The maximum atomic E-state index is 5.29. The minimum absolute atomic E-state index is 0.854. The van der Waals surface area contributed by atoms with Crippen molar-refractivity contribution in [2.45, 2.75) is 39.7 Å². The van der Waals surface area contributed by atoms with Crippen molar-refractivity contribution in [1.29, 1.82) is 0 Å². The molecule has 0 atom stereocenters. The van der Waals surface area contributed by atoms with E-state index in [1.165, 1.54) is 47.0 Å². The molecule has 1 aromatic carbocycles. The van der Waals surface area contributed by atoms with Gasteiger partial charge in [-0.05, 0) is 62.4 Å². The molecule has 3 heterocycles. The maximum Gasteiger partial charge on any atom is 0.153 e. The molecule has 0 bridgehead atoms. The van der Waals surface area contributed by atoms with Crippen molar-refractivity contribution in [1.82, 2.24) is 9.55 Å². The van der Waals surface area contributed by atoms with Crippen molar-refractivity contribution >= 4 is 16.7 Å². The Morgan fingerprint density at radius 2 is 1.73 bits per heavy atom. The molecule has 4 nitrogen and oxygen atoms in total. The number of aryl methyl sites for hydroxylation is 1. The Hall–Kier alpha value is -2.49. The van der Waals surface area contributed by atoms with E-state index in [1.54, 1.807) is 7.11 Å². The van der Waals surface area contributed by atoms with Crippen LogP contribution >= 0.6 is 0 Å². The molecule has 0 N–H and O–H groups in total. The molecule has 136 valence electrons. The molecule has 4 rings (SSSR count). The lowest BCUT2D eigenvalue weighted by Gasteiger charge is -2.28. The van der Waals surface area contributed by atoms with E-state index in [9.17, 15) is 0 Å². The summed E-state index contributed by atoms with van der Waals surface area (Å²) >= 11 is 0. The van der Waals surface area contributed by atoms with Gasteiger partial charge in [0.05, 0.1) is 12.6 Å². The summed E-state index contributed by atoms with van der Waals surface area (Å²) in [5.41, 5.74) is 5.23. The molecular formula is C22H27N3O. The number of hydrogen-bond donors (Lipinski definition) is 0. The largest absolute Gasteiger partial charge is 0.497 e. The number of rotatable bonds is 4. The number of ether oxygens (including phenoxy) is 1. The molecule has 26 heavy (non-hydrogen) atoms. The van der Waals surface area contributed by atoms with Gasteiger partial charge in [-0.2, -0.15) is 0 Å². The number of hydrogen-bond acceptors (Lipinski definition) is 3. The van der Waals surface area contributed by atoms with Crippen LogP contribution in [0.4, 0.5) is 5.82 Å². The number of aromatic nitrogens is 2. The fourth-order valence-corrected chi connectivity index (χ4v) is 4.02. The number of pyridine rings is 1. The van der Waals surface area contributed by atoms with E-state index in [0.717, 1.165) is 31.2 Å². The first kappa shape index (κ1) is 17.0. The molecule has 4 heteroatoms. The summed E-state index contributed by atoms with van der Waals surface area (Å²) in [7, 11) is 1.71. The van der Waals surface area contributed by atoms with Crippen LogP contribution < -0.4 is 9.64 Å². The first-order valence-electron chi connectivity index (χ1n) is 9.51. The summed E-state index contributed by atoms with van der Waals surface area (Å²) in [5.74, 6) is 2.04. The smallest absolute Gasteiger partial charge is 0.153 e. The van der Waals surface area contributed by atoms with Crippen LogP contribution in [0.1, 0.15) is 36.1 Å². The molecule has 1 aliphatic rings. The molecule has 1 aliphatic heterocycles. The average molecular weight is 349 g/mol. The second-order valence-electron chi connectivity index (χ2n) is 7.22. The van der Waals surface area contributed by atoms with Crippen LogP contribution in [0, 0.1) is 13.8 Å². The third kappa shape index (κ3) is 2.94. The van der Waals surface area contributed by atoms with E-state index in [-0.39, 0.29) is 0 Å². The Kier molecular flexibility index (Phi) is 4.58. The zero-order valence-corrected chi connectivity index (χ0v) is 16.0. The van der Waals surface area contributed by atoms with Crippen molar-refractivity contribution < 1.29 is 4.74 Å². The van der Waals surface area contributed by atoms with E-state index >= 15 is 0 Å². The van der Waals surface area contributed by atoms with Gasteiger partial charge >= 0.3 is 0 Å². The molecule has 0 saturated carbocycles. The Labute approximate surface area is 155 Å². The van der Waals surface area contributed by atoms with Crippen LogP contribution in [0.5, 0.6) is 5.75 Å². The van der Waals surface area contributed by atoms with Crippen LogP contribution in [0.25, 0.3) is 10.9 Å². The highest BCUT2D eigenvalue weighted by atomic mass is 16.5. The predicted octanol–water partition coefficient (Wildman–Crippen LogP) is 4.70. The summed E-state index contributed by atoms with van der Waals surface area (Å²) in [6, 6.07) is 10.5. The Bertz CT molecular complexity index is 905. The van der Waals surface area contributed by atoms with Gasteiger partial charge in [0.25, 0.3) is 0 Å². The van der Waals surface area contributed by atoms with Gasteiger partial charge in [0.2, 0.25) is 0 Å². The molecule has 0 unspecified atom stereocenters. The second-order valence-corrected chi connectivity index (χ2v) is 7.22. The number of benzene rings is 1. The zero-order chi connectivity index (χ0) is 18.1. The quantitative estimate of drug-likeness (QED) is 0.684. The van der Waals surface area contributed by atoms with Gasteiger partial charge in [0.15, 0.2) is 5.82 Å². The summed E-state index contributed by atoms with van der Waals surface area (Å²) < 4.78 is 7.73. The number of nitrogens with zero attached hydrogens (tertiary/aromatic N) is 3. The summed E-state index contributed by atoms with van der Waals surface area (Å²) in [5, 5.41) is 1.33. The molecular weight excluding hydrogens is 322 g/mol. The molecule has 0 aliphatic carbocycles. The van der Waals surface area contributed by atoms with Crippen LogP contribution in [-0.2, 0) is 6.54 Å². The molecule has 2 aromatic heterocycles. The van der Waals surface area contributed by atoms with Crippen molar-refractivity contribution in [3.05, 3.63) is 53.3 Å². The third-order valence-electron chi connectivity index (χ3n) is 5.68. The lowest BCUT2D eigenvalue weighted by atomic mass is 10.1. The van der Waals surface area contributed by atoms with Gasteiger partial charge in [-0.3, -0.25) is 0 Å². The monoisotopic (exact) mass is 349 g/mol. The molecule has 0 radical (unpaired) electrons. The highest BCUT2D eigenvalue weighted by Gasteiger charge is 2.20. The van der Waals surface area contributed by atoms with E-state index < -0.39 is 0 Å². The van der Waals surface area contributed by atoms with E-state index in [4.69, 9.17) is 9.72 Å². The fourth-order valence-electron chi connectivity index (χ4n) is 4.02. The lowest BCUT2D eigenvalue weighted by Crippen LogP contribution is -2.30. The van der Waals surface area contributed by atoms with E-state index in [2.05, 4.69) is 41.5 Å². The highest BCUT2D eigenvalue weighted by Crippen LogP contribution is 2.33.